The van der Waals surface area contributed by atoms with Gasteiger partial charge in [0.1, 0.15) is 0 Å². The Kier molecular flexibility index (Phi) is 5.03. The molecule has 0 unspecified atom stereocenters. The van der Waals surface area contributed by atoms with Crippen LogP contribution < -0.4 is 0 Å². The highest BCUT2D eigenvalue weighted by Crippen LogP contribution is 2.71. The van der Waals surface area contributed by atoms with Crippen LogP contribution in [0.2, 0.25) is 0 Å². The summed E-state index contributed by atoms with van der Waals surface area (Å²) < 4.78 is 13.2. The van der Waals surface area contributed by atoms with Crippen molar-refractivity contribution in [1.29, 1.82) is 0 Å². The molecule has 2 aliphatic heterocycles. The van der Waals surface area contributed by atoms with E-state index in [0.29, 0.717) is 42.4 Å². The molecule has 0 aromatic carbocycles. The van der Waals surface area contributed by atoms with E-state index >= 15 is 0 Å². The van der Waals surface area contributed by atoms with Gasteiger partial charge >= 0.3 is 0 Å². The Morgan fingerprint density at radius 1 is 0.879 bits per heavy atom. The summed E-state index contributed by atoms with van der Waals surface area (Å²) in [7, 11) is 0. The number of aliphatic hydroxyl groups excluding tert-OH is 3. The van der Waals surface area contributed by atoms with Crippen LogP contribution in [0.1, 0.15) is 79.1 Å². The molecular formula is C27H44O6. The molecule has 1 spiro atoms. The Balaban J connectivity index is 1.30. The molecule has 6 heteroatoms. The molecular weight excluding hydrogens is 420 g/mol. The minimum absolute atomic E-state index is 0.0562. The van der Waals surface area contributed by atoms with Gasteiger partial charge in [0.2, 0.25) is 0 Å². The second-order valence-corrected chi connectivity index (χ2v) is 13.5. The predicted molar refractivity (Wildman–Crippen MR) is 122 cm³/mol. The van der Waals surface area contributed by atoms with Gasteiger partial charge in [-0.3, -0.25) is 0 Å². The van der Waals surface area contributed by atoms with Crippen LogP contribution in [0.3, 0.4) is 0 Å². The molecule has 0 radical (unpaired) electrons. The van der Waals surface area contributed by atoms with E-state index in [1.807, 2.05) is 0 Å². The van der Waals surface area contributed by atoms with Gasteiger partial charge in [-0.15, -0.1) is 0 Å². The van der Waals surface area contributed by atoms with Gasteiger partial charge in [0.25, 0.3) is 0 Å². The van der Waals surface area contributed by atoms with Gasteiger partial charge in [-0.2, -0.15) is 0 Å². The van der Waals surface area contributed by atoms with Crippen molar-refractivity contribution in [2.45, 2.75) is 115 Å². The topological polar surface area (TPSA) is 99.4 Å². The maximum atomic E-state index is 11.7. The SMILES string of the molecule is C[C@@H]1CC[C@@]2(OC1)O[C@H]1C[C@H]3[C@@H]4C[C@@H](O)[C@@]5(O)C[C@@H](O)[C@H](O)C[C@]5(C)[C@H]4CC[C@]3(C)[C@H]1[C@@H]2C. The van der Waals surface area contributed by atoms with E-state index in [2.05, 4.69) is 27.7 Å². The molecule has 6 nitrogen and oxygen atoms in total. The van der Waals surface area contributed by atoms with E-state index in [1.54, 1.807) is 0 Å². The van der Waals surface area contributed by atoms with E-state index in [-0.39, 0.29) is 23.9 Å². The molecule has 4 N–H and O–H groups in total. The zero-order valence-electron chi connectivity index (χ0n) is 20.7. The third kappa shape index (κ3) is 2.83. The molecule has 6 fully saturated rings. The van der Waals surface area contributed by atoms with Crippen molar-refractivity contribution in [3.63, 3.8) is 0 Å². The van der Waals surface area contributed by atoms with Crippen molar-refractivity contribution in [3.05, 3.63) is 0 Å². The molecule has 6 rings (SSSR count). The second kappa shape index (κ2) is 7.17. The van der Waals surface area contributed by atoms with E-state index in [0.717, 1.165) is 38.7 Å². The highest BCUT2D eigenvalue weighted by Gasteiger charge is 2.72. The maximum absolute atomic E-state index is 11.7. The molecule has 0 amide bonds. The fraction of sp³-hybridized carbons (Fsp3) is 1.00. The number of ether oxygens (including phenoxy) is 2. The first-order valence-corrected chi connectivity index (χ1v) is 13.5. The summed E-state index contributed by atoms with van der Waals surface area (Å²) in [5.41, 5.74) is -1.79. The van der Waals surface area contributed by atoms with Crippen LogP contribution in [0.15, 0.2) is 0 Å². The zero-order chi connectivity index (χ0) is 23.6. The minimum atomic E-state index is -1.34. The van der Waals surface area contributed by atoms with Crippen LogP contribution in [0.5, 0.6) is 0 Å². The molecule has 0 bridgehead atoms. The summed E-state index contributed by atoms with van der Waals surface area (Å²) in [4.78, 5) is 0. The smallest absolute Gasteiger partial charge is 0.171 e. The number of aliphatic hydroxyl groups is 4. The van der Waals surface area contributed by atoms with Crippen LogP contribution in [-0.4, -0.2) is 62.8 Å². The lowest BCUT2D eigenvalue weighted by molar-refractivity contribution is -0.286. The average Bonchev–Trinajstić information content (AvgIpc) is 3.19. The van der Waals surface area contributed by atoms with Crippen LogP contribution in [0.4, 0.5) is 0 Å². The molecule has 2 saturated heterocycles. The largest absolute Gasteiger partial charge is 0.390 e. The fourth-order valence-electron chi connectivity index (χ4n) is 10.3. The van der Waals surface area contributed by atoms with Crippen molar-refractivity contribution >= 4 is 0 Å². The Hall–Kier alpha value is -0.240. The number of hydrogen-bond acceptors (Lipinski definition) is 6. The van der Waals surface area contributed by atoms with E-state index < -0.39 is 35.1 Å². The minimum Gasteiger partial charge on any atom is -0.390 e. The summed E-state index contributed by atoms with van der Waals surface area (Å²) in [6.45, 7) is 9.90. The monoisotopic (exact) mass is 464 g/mol. The third-order valence-corrected chi connectivity index (χ3v) is 12.2. The third-order valence-electron chi connectivity index (χ3n) is 12.2. The van der Waals surface area contributed by atoms with Gasteiger partial charge < -0.3 is 29.9 Å². The Labute approximate surface area is 198 Å². The molecule has 4 aliphatic carbocycles. The number of fused-ring (bicyclic) bond motifs is 7. The first-order chi connectivity index (χ1) is 15.5. The second-order valence-electron chi connectivity index (χ2n) is 13.5. The van der Waals surface area contributed by atoms with Crippen LogP contribution in [0, 0.1) is 46.3 Å². The number of rotatable bonds is 0. The lowest BCUT2D eigenvalue weighted by Crippen LogP contribution is -2.70. The maximum Gasteiger partial charge on any atom is 0.171 e. The Morgan fingerprint density at radius 3 is 2.30 bits per heavy atom. The zero-order valence-corrected chi connectivity index (χ0v) is 20.7. The molecule has 0 aromatic rings. The van der Waals surface area contributed by atoms with Gasteiger partial charge in [0.15, 0.2) is 5.79 Å². The molecule has 6 aliphatic rings. The van der Waals surface area contributed by atoms with Crippen molar-refractivity contribution < 1.29 is 29.9 Å². The molecule has 0 aromatic heterocycles. The number of hydrogen-bond donors (Lipinski definition) is 4. The molecule has 4 saturated carbocycles. The average molecular weight is 465 g/mol. The van der Waals surface area contributed by atoms with Crippen molar-refractivity contribution in [3.8, 4) is 0 Å². The van der Waals surface area contributed by atoms with Gasteiger partial charge in [-0.1, -0.05) is 27.7 Å². The van der Waals surface area contributed by atoms with Crippen molar-refractivity contribution in [2.75, 3.05) is 6.61 Å². The highest BCUT2D eigenvalue weighted by molar-refractivity contribution is 5.20. The summed E-state index contributed by atoms with van der Waals surface area (Å²) in [5, 5.41) is 43.8. The lowest BCUT2D eigenvalue weighted by atomic mass is 9.42. The summed E-state index contributed by atoms with van der Waals surface area (Å²) in [5.74, 6) is 1.97. The standard InChI is InChI=1S/C27H44O6/c1-14-5-8-27(32-13-14)15(2)23-21(33-27)10-18-16-9-22(30)26(31)12-20(29)19(28)11-25(26,4)17(16)6-7-24(18,23)3/h14-23,28-31H,5-13H2,1-4H3/t14-,15+,16-,17+,18+,19-,20-,21+,22-,23+,24+,25-,26+,27-/m1/s1. The van der Waals surface area contributed by atoms with Crippen molar-refractivity contribution in [2.24, 2.45) is 46.3 Å². The van der Waals surface area contributed by atoms with Gasteiger partial charge in [-0.25, -0.2) is 0 Å². The fourth-order valence-corrected chi connectivity index (χ4v) is 10.3. The molecule has 33 heavy (non-hydrogen) atoms. The summed E-state index contributed by atoms with van der Waals surface area (Å²) in [6.07, 6.45) is 3.71. The summed E-state index contributed by atoms with van der Waals surface area (Å²) in [6, 6.07) is 0. The Bertz CT molecular complexity index is 795. The summed E-state index contributed by atoms with van der Waals surface area (Å²) >= 11 is 0. The van der Waals surface area contributed by atoms with Crippen LogP contribution in [-0.2, 0) is 9.47 Å². The van der Waals surface area contributed by atoms with Crippen LogP contribution in [0.25, 0.3) is 0 Å². The van der Waals surface area contributed by atoms with Crippen LogP contribution >= 0.6 is 0 Å². The van der Waals surface area contributed by atoms with Gasteiger partial charge in [-0.05, 0) is 73.5 Å². The molecule has 14 atom stereocenters. The van der Waals surface area contributed by atoms with Gasteiger partial charge in [0.05, 0.1) is 36.6 Å². The van der Waals surface area contributed by atoms with E-state index in [1.165, 1.54) is 0 Å². The normalized spacial score (nSPS) is 64.7. The molecule has 188 valence electrons. The molecule has 2 heterocycles. The first kappa shape index (κ1) is 23.2. The van der Waals surface area contributed by atoms with E-state index in [4.69, 9.17) is 9.47 Å². The highest BCUT2D eigenvalue weighted by atomic mass is 16.7. The van der Waals surface area contributed by atoms with Gasteiger partial charge in [0, 0.05) is 24.2 Å². The van der Waals surface area contributed by atoms with Crippen molar-refractivity contribution in [1.82, 2.24) is 0 Å². The predicted octanol–water partition coefficient (Wildman–Crippen LogP) is 2.85. The quantitative estimate of drug-likeness (QED) is 0.440. The van der Waals surface area contributed by atoms with E-state index in [9.17, 15) is 20.4 Å². The lowest BCUT2D eigenvalue weighted by Gasteiger charge is -2.66. The first-order valence-electron chi connectivity index (χ1n) is 13.5. The Morgan fingerprint density at radius 2 is 1.61 bits per heavy atom.